The Morgan fingerprint density at radius 2 is 1.60 bits per heavy atom. The summed E-state index contributed by atoms with van der Waals surface area (Å²) < 4.78 is 19.1. The Labute approximate surface area is 275 Å². The maximum Gasteiger partial charge on any atom is 0.329 e. The molecule has 1 aliphatic heterocycles. The summed E-state index contributed by atoms with van der Waals surface area (Å²) >= 11 is 0. The number of benzene rings is 5. The topological polar surface area (TPSA) is 104 Å². The first-order valence-electron chi connectivity index (χ1n) is 15.6. The standard InChI is InChI=1S/C39H31FN4O4/c40-31-18-16-27(17-19-31)38(46)42-35(21-30-23-41-33-13-7-6-12-32(30)33)39(47)48-24-37(45)44-36(26-9-2-1-3-10-26)22-34(43-44)29-15-14-25-8-4-5-11-28(25)20-29/h1-20,23,35-36,41H,21-22,24H2,(H,42,46)/t35-,36+/m1/s1. The number of esters is 1. The van der Waals surface area contributed by atoms with Gasteiger partial charge in [0.15, 0.2) is 6.61 Å². The normalized spacial score (nSPS) is 14.9. The minimum atomic E-state index is -1.13. The van der Waals surface area contributed by atoms with Gasteiger partial charge in [0, 0.05) is 35.5 Å². The van der Waals surface area contributed by atoms with Crippen molar-refractivity contribution in [1.82, 2.24) is 15.3 Å². The Kier molecular flexibility index (Phi) is 8.49. The van der Waals surface area contributed by atoms with Crippen LogP contribution in [-0.2, 0) is 20.7 Å². The third-order valence-electron chi connectivity index (χ3n) is 8.57. The molecule has 2 amide bonds. The second-order valence-corrected chi connectivity index (χ2v) is 11.7. The van der Waals surface area contributed by atoms with Crippen LogP contribution in [0.15, 0.2) is 133 Å². The lowest BCUT2D eigenvalue weighted by Gasteiger charge is -2.23. The zero-order valence-electron chi connectivity index (χ0n) is 25.8. The maximum atomic E-state index is 13.7. The molecular weight excluding hydrogens is 607 g/mol. The molecule has 0 fully saturated rings. The second-order valence-electron chi connectivity index (χ2n) is 11.7. The minimum absolute atomic E-state index is 0.102. The number of aromatic nitrogens is 1. The number of hydrogen-bond acceptors (Lipinski definition) is 5. The first kappa shape index (κ1) is 30.6. The van der Waals surface area contributed by atoms with E-state index in [9.17, 15) is 18.8 Å². The van der Waals surface area contributed by atoms with Crippen LogP contribution in [0.25, 0.3) is 21.7 Å². The Bertz CT molecular complexity index is 2160. The Hall–Kier alpha value is -6.09. The molecule has 2 N–H and O–H groups in total. The van der Waals surface area contributed by atoms with Crippen molar-refractivity contribution in [3.05, 3.63) is 156 Å². The highest BCUT2D eigenvalue weighted by molar-refractivity contribution is 6.05. The molecule has 1 aromatic heterocycles. The number of hydrazone groups is 1. The molecular formula is C39H31FN4O4. The van der Waals surface area contributed by atoms with E-state index >= 15 is 0 Å². The van der Waals surface area contributed by atoms with Gasteiger partial charge in [0.1, 0.15) is 11.9 Å². The van der Waals surface area contributed by atoms with Gasteiger partial charge in [0.25, 0.3) is 11.8 Å². The number of H-pyrrole nitrogens is 1. The zero-order chi connectivity index (χ0) is 33.0. The number of para-hydroxylation sites is 1. The molecule has 2 heterocycles. The minimum Gasteiger partial charge on any atom is -0.454 e. The molecule has 0 aliphatic carbocycles. The van der Waals surface area contributed by atoms with E-state index in [2.05, 4.69) is 16.4 Å². The van der Waals surface area contributed by atoms with Crippen LogP contribution in [0.3, 0.4) is 0 Å². The molecule has 1 aliphatic rings. The van der Waals surface area contributed by atoms with Gasteiger partial charge in [-0.05, 0) is 63.9 Å². The van der Waals surface area contributed by atoms with Crippen molar-refractivity contribution >= 4 is 45.2 Å². The number of aromatic amines is 1. The SMILES string of the molecule is O=C(N[C@H](Cc1c[nH]c2ccccc12)C(=O)OCC(=O)N1N=C(c2ccc3ccccc3c2)C[C@H]1c1ccccc1)c1ccc(F)cc1. The quantitative estimate of drug-likeness (QED) is 0.172. The lowest BCUT2D eigenvalue weighted by Crippen LogP contribution is -2.44. The van der Waals surface area contributed by atoms with Crippen LogP contribution in [0, 0.1) is 5.82 Å². The maximum absolute atomic E-state index is 13.7. The first-order valence-corrected chi connectivity index (χ1v) is 15.6. The molecule has 2 atom stereocenters. The molecule has 9 heteroatoms. The summed E-state index contributed by atoms with van der Waals surface area (Å²) in [6.45, 7) is -0.576. The fourth-order valence-corrected chi connectivity index (χ4v) is 6.07. The van der Waals surface area contributed by atoms with Gasteiger partial charge in [-0.3, -0.25) is 9.59 Å². The van der Waals surface area contributed by atoms with Crippen molar-refractivity contribution in [3.63, 3.8) is 0 Å². The van der Waals surface area contributed by atoms with E-state index < -0.39 is 36.2 Å². The molecule has 0 saturated heterocycles. The van der Waals surface area contributed by atoms with E-state index in [4.69, 9.17) is 9.84 Å². The predicted octanol–water partition coefficient (Wildman–Crippen LogP) is 6.72. The van der Waals surface area contributed by atoms with Gasteiger partial charge in [0.2, 0.25) is 0 Å². The van der Waals surface area contributed by atoms with E-state index in [0.29, 0.717) is 6.42 Å². The number of fused-ring (bicyclic) bond motifs is 2. The van der Waals surface area contributed by atoms with Crippen LogP contribution in [0.1, 0.15) is 39.5 Å². The molecule has 238 valence electrons. The molecule has 0 bridgehead atoms. The number of hydrogen-bond donors (Lipinski definition) is 2. The average Bonchev–Trinajstić information content (AvgIpc) is 3.76. The van der Waals surface area contributed by atoms with Crippen molar-refractivity contribution in [2.45, 2.75) is 24.9 Å². The summed E-state index contributed by atoms with van der Waals surface area (Å²) in [7, 11) is 0. The molecule has 0 unspecified atom stereocenters. The molecule has 0 radical (unpaired) electrons. The third-order valence-corrected chi connectivity index (χ3v) is 8.57. The Balaban J connectivity index is 1.12. The van der Waals surface area contributed by atoms with Gasteiger partial charge in [-0.1, -0.05) is 84.9 Å². The summed E-state index contributed by atoms with van der Waals surface area (Å²) in [6, 6.07) is 34.8. The van der Waals surface area contributed by atoms with Crippen molar-refractivity contribution in [2.24, 2.45) is 5.10 Å². The van der Waals surface area contributed by atoms with E-state index in [1.807, 2.05) is 91.0 Å². The summed E-state index contributed by atoms with van der Waals surface area (Å²) in [5.41, 5.74) is 4.40. The number of carbonyl (C=O) groups excluding carboxylic acids is 3. The number of nitrogens with one attached hydrogen (secondary N) is 2. The van der Waals surface area contributed by atoms with Crippen LogP contribution < -0.4 is 5.32 Å². The highest BCUT2D eigenvalue weighted by Gasteiger charge is 2.34. The fraction of sp³-hybridized carbons (Fsp3) is 0.128. The van der Waals surface area contributed by atoms with Gasteiger partial charge in [-0.2, -0.15) is 5.10 Å². The van der Waals surface area contributed by atoms with Gasteiger partial charge >= 0.3 is 5.97 Å². The monoisotopic (exact) mass is 638 g/mol. The Morgan fingerprint density at radius 3 is 2.42 bits per heavy atom. The molecule has 5 aromatic carbocycles. The predicted molar refractivity (Wildman–Crippen MR) is 182 cm³/mol. The third kappa shape index (κ3) is 6.43. The molecule has 48 heavy (non-hydrogen) atoms. The van der Waals surface area contributed by atoms with E-state index in [-0.39, 0.29) is 18.0 Å². The van der Waals surface area contributed by atoms with Crippen LogP contribution in [0.2, 0.25) is 0 Å². The molecule has 7 rings (SSSR count). The smallest absolute Gasteiger partial charge is 0.329 e. The molecule has 0 saturated carbocycles. The van der Waals surface area contributed by atoms with Crippen molar-refractivity contribution in [2.75, 3.05) is 6.61 Å². The number of carbonyl (C=O) groups is 3. The van der Waals surface area contributed by atoms with Crippen molar-refractivity contribution in [1.29, 1.82) is 0 Å². The fourth-order valence-electron chi connectivity index (χ4n) is 6.07. The largest absolute Gasteiger partial charge is 0.454 e. The van der Waals surface area contributed by atoms with Crippen LogP contribution in [0.4, 0.5) is 4.39 Å². The van der Waals surface area contributed by atoms with Gasteiger partial charge in [-0.25, -0.2) is 14.2 Å². The van der Waals surface area contributed by atoms with Crippen molar-refractivity contribution < 1.29 is 23.5 Å². The number of halogens is 1. The van der Waals surface area contributed by atoms with Gasteiger partial charge < -0.3 is 15.0 Å². The van der Waals surface area contributed by atoms with Crippen LogP contribution in [-0.4, -0.2) is 46.1 Å². The van der Waals surface area contributed by atoms with E-state index in [1.165, 1.54) is 29.3 Å². The average molecular weight is 639 g/mol. The lowest BCUT2D eigenvalue weighted by molar-refractivity contribution is -0.154. The van der Waals surface area contributed by atoms with Crippen LogP contribution in [0.5, 0.6) is 0 Å². The first-order chi connectivity index (χ1) is 23.4. The lowest BCUT2D eigenvalue weighted by atomic mass is 9.97. The van der Waals surface area contributed by atoms with E-state index in [0.717, 1.165) is 44.1 Å². The number of rotatable bonds is 9. The summed E-state index contributed by atoms with van der Waals surface area (Å²) in [5, 5.41) is 11.9. The number of amides is 2. The van der Waals surface area contributed by atoms with Crippen molar-refractivity contribution in [3.8, 4) is 0 Å². The summed E-state index contributed by atoms with van der Waals surface area (Å²) in [4.78, 5) is 43.6. The summed E-state index contributed by atoms with van der Waals surface area (Å²) in [6.07, 6.45) is 2.36. The molecule has 0 spiro atoms. The molecule has 8 nitrogen and oxygen atoms in total. The summed E-state index contributed by atoms with van der Waals surface area (Å²) in [5.74, 6) is -2.33. The number of ether oxygens (including phenoxy) is 1. The zero-order valence-corrected chi connectivity index (χ0v) is 25.8. The van der Waals surface area contributed by atoms with Gasteiger partial charge in [0.05, 0.1) is 11.8 Å². The number of nitrogens with zero attached hydrogens (tertiary/aromatic N) is 2. The van der Waals surface area contributed by atoms with E-state index in [1.54, 1.807) is 6.20 Å². The highest BCUT2D eigenvalue weighted by atomic mass is 19.1. The molecule has 6 aromatic rings. The second kappa shape index (κ2) is 13.3. The van der Waals surface area contributed by atoms with Crippen LogP contribution >= 0.6 is 0 Å². The van der Waals surface area contributed by atoms with Gasteiger partial charge in [-0.15, -0.1) is 0 Å². The highest BCUT2D eigenvalue weighted by Crippen LogP contribution is 2.33. The Morgan fingerprint density at radius 1 is 0.875 bits per heavy atom.